The monoisotopic (exact) mass is 998 g/mol. The summed E-state index contributed by atoms with van der Waals surface area (Å²) in [6.07, 6.45) is -20.8. The fourth-order valence-corrected chi connectivity index (χ4v) is 11.5. The third kappa shape index (κ3) is 8.05. The molecular formula is C60H36F12N+. The van der Waals surface area contributed by atoms with Crippen molar-refractivity contribution in [3.05, 3.63) is 214 Å². The molecule has 0 N–H and O–H groups in total. The molecule has 10 aromatic rings. The highest BCUT2D eigenvalue weighted by Gasteiger charge is 2.43. The fraction of sp³-hybridized carbons (Fsp3) is 0.133. The molecule has 2 aliphatic heterocycles. The van der Waals surface area contributed by atoms with Gasteiger partial charge < -0.3 is 4.48 Å². The molecule has 0 atom stereocenters. The number of hydrogen-bond acceptors (Lipinski definition) is 0. The highest BCUT2D eigenvalue weighted by atomic mass is 19.4. The first-order chi connectivity index (χ1) is 34.6. The van der Waals surface area contributed by atoms with Gasteiger partial charge in [-0.05, 0) is 137 Å². The van der Waals surface area contributed by atoms with E-state index in [0.717, 1.165) is 43.8 Å². The molecule has 0 saturated heterocycles. The lowest BCUT2D eigenvalue weighted by atomic mass is 9.81. The Bertz CT molecular complexity index is 3610. The molecule has 13 heteroatoms. The first-order valence-corrected chi connectivity index (χ1v) is 23.2. The molecule has 0 saturated carbocycles. The summed E-state index contributed by atoms with van der Waals surface area (Å²) in [5.74, 6) is 0. The topological polar surface area (TPSA) is 0 Å². The van der Waals surface area contributed by atoms with Gasteiger partial charge in [-0.15, -0.1) is 0 Å². The minimum atomic E-state index is -5.20. The summed E-state index contributed by atoms with van der Waals surface area (Å²) in [6, 6.07) is 43.7. The quantitative estimate of drug-likeness (QED) is 0.120. The van der Waals surface area contributed by atoms with E-state index in [1.54, 1.807) is 60.7 Å². The first-order valence-electron chi connectivity index (χ1n) is 23.2. The average Bonchev–Trinajstić information content (AvgIpc) is 3.49. The van der Waals surface area contributed by atoms with Crippen LogP contribution >= 0.6 is 0 Å². The molecule has 1 spiro atoms. The number of quaternary nitrogens is 1. The smallest absolute Gasteiger partial charge is 0.309 e. The number of alkyl halides is 12. The predicted molar refractivity (Wildman–Crippen MR) is 260 cm³/mol. The lowest BCUT2D eigenvalue weighted by molar-refractivity contribution is -0.978. The van der Waals surface area contributed by atoms with Gasteiger partial charge in [0, 0.05) is 33.4 Å². The molecule has 12 rings (SSSR count). The van der Waals surface area contributed by atoms with Crippen LogP contribution in [0.5, 0.6) is 0 Å². The van der Waals surface area contributed by atoms with Crippen molar-refractivity contribution >= 4 is 43.1 Å². The van der Waals surface area contributed by atoms with Crippen molar-refractivity contribution < 1.29 is 57.2 Å². The van der Waals surface area contributed by atoms with E-state index in [-0.39, 0.29) is 65.0 Å². The number of hydrogen-bond donors (Lipinski definition) is 0. The van der Waals surface area contributed by atoms with Crippen molar-refractivity contribution in [3.8, 4) is 44.5 Å². The SMILES string of the molecule is FC(F)(F)c1cc(-c2cc3ccccc3c3c2C[N+]2(Cc4ccc5cccc(c5c4)-c4cccc5ccc(cc45)C2)Cc2c(-c4cc(C(F)(F)F)cc(C(F)(F)F)c4)cc4ccccc4c2-3)cc(C(F)(F)F)c1. The molecule has 2 aliphatic rings. The minimum Gasteiger partial charge on any atom is -0.309 e. The van der Waals surface area contributed by atoms with Crippen LogP contribution in [0, 0.1) is 0 Å². The summed E-state index contributed by atoms with van der Waals surface area (Å²) in [6.45, 7) is 0.183. The van der Waals surface area contributed by atoms with Crippen LogP contribution in [0.15, 0.2) is 170 Å². The zero-order valence-corrected chi connectivity index (χ0v) is 38.0. The van der Waals surface area contributed by atoms with Crippen molar-refractivity contribution in [1.82, 2.24) is 0 Å². The van der Waals surface area contributed by atoms with Gasteiger partial charge >= 0.3 is 24.7 Å². The number of fused-ring (bicyclic) bond motifs is 10. The van der Waals surface area contributed by atoms with E-state index in [9.17, 15) is 52.7 Å². The van der Waals surface area contributed by atoms with Gasteiger partial charge in [-0.25, -0.2) is 0 Å². The van der Waals surface area contributed by atoms with Gasteiger partial charge in [0.05, 0.1) is 22.3 Å². The molecule has 0 amide bonds. The maximum atomic E-state index is 14.8. The summed E-state index contributed by atoms with van der Waals surface area (Å²) in [5, 5.41) is 5.55. The predicted octanol–water partition coefficient (Wildman–Crippen LogP) is 18.6. The lowest BCUT2D eigenvalue weighted by Gasteiger charge is -2.39. The molecule has 0 aliphatic carbocycles. The first kappa shape index (κ1) is 46.4. The van der Waals surface area contributed by atoms with Crippen LogP contribution in [0.3, 0.4) is 0 Å². The van der Waals surface area contributed by atoms with Crippen molar-refractivity contribution in [1.29, 1.82) is 0 Å². The Balaban J connectivity index is 1.27. The molecule has 73 heavy (non-hydrogen) atoms. The van der Waals surface area contributed by atoms with Gasteiger partial charge in [-0.3, -0.25) is 0 Å². The lowest BCUT2D eigenvalue weighted by Crippen LogP contribution is -2.44. The van der Waals surface area contributed by atoms with Crippen molar-refractivity contribution in [3.63, 3.8) is 0 Å². The largest absolute Gasteiger partial charge is 0.416 e. The highest BCUT2D eigenvalue weighted by molar-refractivity contribution is 6.12. The van der Waals surface area contributed by atoms with Crippen LogP contribution < -0.4 is 0 Å². The third-order valence-electron chi connectivity index (χ3n) is 14.6. The van der Waals surface area contributed by atoms with Gasteiger partial charge in [0.2, 0.25) is 0 Å². The van der Waals surface area contributed by atoms with E-state index in [0.29, 0.717) is 68.1 Å². The highest BCUT2D eigenvalue weighted by Crippen LogP contribution is 2.53. The Hall–Kier alpha value is -7.64. The Labute approximate surface area is 408 Å². The van der Waals surface area contributed by atoms with Crippen LogP contribution in [0.1, 0.15) is 44.5 Å². The number of nitrogens with zero attached hydrogens (tertiary/aromatic N) is 1. The second kappa shape index (κ2) is 16.2. The average molecular weight is 999 g/mol. The van der Waals surface area contributed by atoms with E-state index >= 15 is 0 Å². The summed E-state index contributed by atoms with van der Waals surface area (Å²) in [7, 11) is 0. The van der Waals surface area contributed by atoms with E-state index in [4.69, 9.17) is 0 Å². The van der Waals surface area contributed by atoms with Gasteiger partial charge in [-0.1, -0.05) is 109 Å². The standard InChI is InChI=1S/C60H36F12N/c61-57(62,63)41-21-39(22-42(27-41)58(64,65)66)51-25-37-7-1-3-11-45(37)55-53(51)31-73(29-33-15-17-35-9-5-13-47(49(35)19-33)48-14-6-10-36-18-16-34(30-73)20-50(36)48)32-54-52(26-38-8-2-4-12-46(38)56(54)55)40-23-43(59(67,68)69)28-44(24-40)60(70,71)72/h1-28H,29-32H2/q+1. The van der Waals surface area contributed by atoms with E-state index in [1.165, 1.54) is 0 Å². The Kier molecular flexibility index (Phi) is 10.3. The fourth-order valence-electron chi connectivity index (χ4n) is 11.5. The third-order valence-corrected chi connectivity index (χ3v) is 14.6. The zero-order valence-electron chi connectivity index (χ0n) is 38.0. The van der Waals surface area contributed by atoms with Crippen LogP contribution in [0.25, 0.3) is 87.6 Å². The van der Waals surface area contributed by atoms with Crippen LogP contribution in [-0.4, -0.2) is 4.48 Å². The maximum Gasteiger partial charge on any atom is 0.416 e. The van der Waals surface area contributed by atoms with Gasteiger partial charge in [0.25, 0.3) is 0 Å². The second-order valence-corrected chi connectivity index (χ2v) is 19.3. The van der Waals surface area contributed by atoms with E-state index in [2.05, 4.69) is 12.1 Å². The van der Waals surface area contributed by atoms with Crippen LogP contribution in [0.2, 0.25) is 0 Å². The molecule has 0 fully saturated rings. The second-order valence-electron chi connectivity index (χ2n) is 19.3. The van der Waals surface area contributed by atoms with E-state index in [1.807, 2.05) is 60.7 Å². The zero-order chi connectivity index (χ0) is 51.0. The summed E-state index contributed by atoms with van der Waals surface area (Å²) >= 11 is 0. The number of halogens is 12. The van der Waals surface area contributed by atoms with Gasteiger partial charge in [-0.2, -0.15) is 52.7 Å². The molecule has 0 unspecified atom stereocenters. The summed E-state index contributed by atoms with van der Waals surface area (Å²) < 4.78 is 178. The number of rotatable bonds is 2. The van der Waals surface area contributed by atoms with Crippen LogP contribution in [-0.2, 0) is 50.9 Å². The van der Waals surface area contributed by atoms with Gasteiger partial charge in [0.1, 0.15) is 26.2 Å². The molecule has 364 valence electrons. The summed E-state index contributed by atoms with van der Waals surface area (Å²) in [5.41, 5.74) is -1.79. The minimum absolute atomic E-state index is 0.0551. The molecule has 4 bridgehead atoms. The molecule has 0 radical (unpaired) electrons. The molecule has 0 aromatic heterocycles. The van der Waals surface area contributed by atoms with Crippen molar-refractivity contribution in [2.45, 2.75) is 50.9 Å². The van der Waals surface area contributed by atoms with Crippen molar-refractivity contribution in [2.75, 3.05) is 0 Å². The molecule has 2 heterocycles. The van der Waals surface area contributed by atoms with Crippen LogP contribution in [0.4, 0.5) is 52.7 Å². The van der Waals surface area contributed by atoms with Gasteiger partial charge in [0.15, 0.2) is 0 Å². The van der Waals surface area contributed by atoms with Crippen molar-refractivity contribution in [2.24, 2.45) is 0 Å². The number of benzene rings is 10. The Morgan fingerprint density at radius 1 is 0.288 bits per heavy atom. The normalized spacial score (nSPS) is 14.7. The molecular weight excluding hydrogens is 963 g/mol. The molecule has 1 nitrogen and oxygen atoms in total. The van der Waals surface area contributed by atoms with E-state index < -0.39 is 47.0 Å². The summed E-state index contributed by atoms with van der Waals surface area (Å²) in [4.78, 5) is 0. The Morgan fingerprint density at radius 2 is 0.644 bits per heavy atom. The maximum absolute atomic E-state index is 14.8. The molecule has 10 aromatic carbocycles. The Morgan fingerprint density at radius 3 is 1.01 bits per heavy atom.